The van der Waals surface area contributed by atoms with Gasteiger partial charge in [0, 0.05) is 18.7 Å². The summed E-state index contributed by atoms with van der Waals surface area (Å²) in [5.74, 6) is -0.263. The zero-order valence-electron chi connectivity index (χ0n) is 15.7. The van der Waals surface area contributed by atoms with Crippen LogP contribution in [0.5, 0.6) is 0 Å². The number of carbonyl (C=O) groups is 1. The number of rotatable bonds is 7. The maximum absolute atomic E-state index is 12.9. The summed E-state index contributed by atoms with van der Waals surface area (Å²) in [7, 11) is -2.24. The average molecular weight is 375 g/mol. The molecular formula is C20H26N2O3S. The third-order valence-electron chi connectivity index (χ3n) is 4.22. The number of aryl methyl sites for hydroxylation is 1. The van der Waals surface area contributed by atoms with Gasteiger partial charge in [-0.25, -0.2) is 8.42 Å². The standard InChI is InChI=1S/C20H26N2O3S/c1-5-8-16(3)21-20(23)17-10-7-12-19(14-17)26(24,25)22(4)18-11-6-9-15(2)13-18/h6-7,9-14,16H,5,8H2,1-4H3,(H,21,23)/t16-/m0/s1. The van der Waals surface area contributed by atoms with Crippen molar-refractivity contribution in [1.82, 2.24) is 5.32 Å². The normalized spacial score (nSPS) is 12.5. The largest absolute Gasteiger partial charge is 0.350 e. The van der Waals surface area contributed by atoms with Crippen molar-refractivity contribution in [1.29, 1.82) is 0 Å². The third-order valence-corrected chi connectivity index (χ3v) is 6.00. The fourth-order valence-electron chi connectivity index (χ4n) is 2.73. The Labute approximate surface area is 156 Å². The number of anilines is 1. The van der Waals surface area contributed by atoms with Gasteiger partial charge in [-0.05, 0) is 56.2 Å². The van der Waals surface area contributed by atoms with Crippen LogP contribution in [0.15, 0.2) is 53.4 Å². The van der Waals surface area contributed by atoms with Crippen molar-refractivity contribution < 1.29 is 13.2 Å². The van der Waals surface area contributed by atoms with Gasteiger partial charge in [-0.3, -0.25) is 9.10 Å². The molecule has 0 radical (unpaired) electrons. The van der Waals surface area contributed by atoms with Crippen LogP contribution in [0.1, 0.15) is 42.6 Å². The Kier molecular flexibility index (Phi) is 6.42. The average Bonchev–Trinajstić information content (AvgIpc) is 2.61. The highest BCUT2D eigenvalue weighted by Gasteiger charge is 2.22. The summed E-state index contributed by atoms with van der Waals surface area (Å²) < 4.78 is 27.1. The van der Waals surface area contributed by atoms with Gasteiger partial charge in [-0.15, -0.1) is 0 Å². The van der Waals surface area contributed by atoms with E-state index >= 15 is 0 Å². The lowest BCUT2D eigenvalue weighted by Crippen LogP contribution is -2.32. The van der Waals surface area contributed by atoms with Crippen molar-refractivity contribution in [2.75, 3.05) is 11.4 Å². The van der Waals surface area contributed by atoms with Gasteiger partial charge in [-0.2, -0.15) is 0 Å². The molecule has 0 aliphatic carbocycles. The fourth-order valence-corrected chi connectivity index (χ4v) is 3.96. The molecule has 1 atom stereocenters. The lowest BCUT2D eigenvalue weighted by Gasteiger charge is -2.20. The number of carbonyl (C=O) groups excluding carboxylic acids is 1. The number of sulfonamides is 1. The molecule has 0 saturated heterocycles. The van der Waals surface area contributed by atoms with E-state index in [1.54, 1.807) is 24.3 Å². The highest BCUT2D eigenvalue weighted by Crippen LogP contribution is 2.23. The van der Waals surface area contributed by atoms with Gasteiger partial charge in [0.2, 0.25) is 0 Å². The number of hydrogen-bond acceptors (Lipinski definition) is 3. The fraction of sp³-hybridized carbons (Fsp3) is 0.350. The van der Waals surface area contributed by atoms with Crippen molar-refractivity contribution >= 4 is 21.6 Å². The molecule has 0 fully saturated rings. The third kappa shape index (κ3) is 4.64. The number of hydrogen-bond donors (Lipinski definition) is 1. The van der Waals surface area contributed by atoms with Crippen LogP contribution in [0.4, 0.5) is 5.69 Å². The zero-order valence-corrected chi connectivity index (χ0v) is 16.5. The Balaban J connectivity index is 2.29. The van der Waals surface area contributed by atoms with Crippen molar-refractivity contribution in [3.8, 4) is 0 Å². The van der Waals surface area contributed by atoms with E-state index in [0.717, 1.165) is 18.4 Å². The van der Waals surface area contributed by atoms with Crippen molar-refractivity contribution in [2.24, 2.45) is 0 Å². The maximum Gasteiger partial charge on any atom is 0.264 e. The van der Waals surface area contributed by atoms with Gasteiger partial charge in [-0.1, -0.05) is 31.5 Å². The van der Waals surface area contributed by atoms with E-state index in [-0.39, 0.29) is 16.8 Å². The molecule has 5 nitrogen and oxygen atoms in total. The monoisotopic (exact) mass is 374 g/mol. The molecule has 2 rings (SSSR count). The van der Waals surface area contributed by atoms with E-state index in [1.807, 2.05) is 26.0 Å². The number of nitrogens with one attached hydrogen (secondary N) is 1. The van der Waals surface area contributed by atoms with Crippen LogP contribution in [-0.4, -0.2) is 27.4 Å². The van der Waals surface area contributed by atoms with Crippen molar-refractivity contribution in [3.05, 3.63) is 59.7 Å². The molecule has 0 aliphatic rings. The summed E-state index contributed by atoms with van der Waals surface area (Å²) in [6.45, 7) is 5.90. The molecule has 26 heavy (non-hydrogen) atoms. The van der Waals surface area contributed by atoms with E-state index in [2.05, 4.69) is 12.2 Å². The first-order chi connectivity index (χ1) is 12.3. The van der Waals surface area contributed by atoms with Crippen LogP contribution in [0.25, 0.3) is 0 Å². The van der Waals surface area contributed by atoms with Crippen LogP contribution in [-0.2, 0) is 10.0 Å². The quantitative estimate of drug-likeness (QED) is 0.803. The Bertz CT molecular complexity index is 878. The summed E-state index contributed by atoms with van der Waals surface area (Å²) in [5, 5.41) is 2.90. The minimum atomic E-state index is -3.75. The van der Waals surface area contributed by atoms with E-state index in [1.165, 1.54) is 23.5 Å². The molecule has 2 aromatic carbocycles. The summed E-state index contributed by atoms with van der Waals surface area (Å²) in [6, 6.07) is 13.5. The molecule has 0 spiro atoms. The Hall–Kier alpha value is -2.34. The Morgan fingerprint density at radius 2 is 1.85 bits per heavy atom. The summed E-state index contributed by atoms with van der Waals surface area (Å²) in [5.41, 5.74) is 1.89. The van der Waals surface area contributed by atoms with Crippen LogP contribution < -0.4 is 9.62 Å². The van der Waals surface area contributed by atoms with Crippen molar-refractivity contribution in [3.63, 3.8) is 0 Å². The summed E-state index contributed by atoms with van der Waals surface area (Å²) in [4.78, 5) is 12.5. The van der Waals surface area contributed by atoms with Gasteiger partial charge in [0.25, 0.3) is 15.9 Å². The molecule has 0 bridgehead atoms. The molecule has 1 amide bonds. The predicted octanol–water partition coefficient (Wildman–Crippen LogP) is 3.74. The van der Waals surface area contributed by atoms with E-state index in [4.69, 9.17) is 0 Å². The molecule has 1 N–H and O–H groups in total. The van der Waals surface area contributed by atoms with Crippen LogP contribution in [0.2, 0.25) is 0 Å². The highest BCUT2D eigenvalue weighted by molar-refractivity contribution is 7.92. The number of benzene rings is 2. The molecule has 0 unspecified atom stereocenters. The molecule has 140 valence electrons. The topological polar surface area (TPSA) is 66.5 Å². The Morgan fingerprint density at radius 3 is 2.50 bits per heavy atom. The summed E-state index contributed by atoms with van der Waals surface area (Å²) >= 11 is 0. The van der Waals surface area contributed by atoms with E-state index in [9.17, 15) is 13.2 Å². The van der Waals surface area contributed by atoms with Gasteiger partial charge >= 0.3 is 0 Å². The smallest absolute Gasteiger partial charge is 0.264 e. The second-order valence-electron chi connectivity index (χ2n) is 6.50. The first-order valence-electron chi connectivity index (χ1n) is 8.72. The molecule has 0 heterocycles. The predicted molar refractivity (Wildman–Crippen MR) is 105 cm³/mol. The molecular weight excluding hydrogens is 348 g/mol. The molecule has 0 aliphatic heterocycles. The van der Waals surface area contributed by atoms with Gasteiger partial charge in [0.1, 0.15) is 0 Å². The number of nitrogens with zero attached hydrogens (tertiary/aromatic N) is 1. The van der Waals surface area contributed by atoms with Crippen LogP contribution in [0.3, 0.4) is 0 Å². The minimum Gasteiger partial charge on any atom is -0.350 e. The minimum absolute atomic E-state index is 0.0442. The molecule has 6 heteroatoms. The second-order valence-corrected chi connectivity index (χ2v) is 8.47. The lowest BCUT2D eigenvalue weighted by atomic mass is 10.1. The summed E-state index contributed by atoms with van der Waals surface area (Å²) in [6.07, 6.45) is 1.84. The van der Waals surface area contributed by atoms with Gasteiger partial charge in [0.15, 0.2) is 0 Å². The maximum atomic E-state index is 12.9. The van der Waals surface area contributed by atoms with Crippen LogP contribution >= 0.6 is 0 Å². The van der Waals surface area contributed by atoms with Crippen molar-refractivity contribution in [2.45, 2.75) is 44.6 Å². The lowest BCUT2D eigenvalue weighted by molar-refractivity contribution is 0.0938. The van der Waals surface area contributed by atoms with Crippen LogP contribution in [0, 0.1) is 6.92 Å². The van der Waals surface area contributed by atoms with Gasteiger partial charge in [0.05, 0.1) is 10.6 Å². The Morgan fingerprint density at radius 1 is 1.15 bits per heavy atom. The second kappa shape index (κ2) is 8.36. The van der Waals surface area contributed by atoms with E-state index in [0.29, 0.717) is 11.3 Å². The SMILES string of the molecule is CCC[C@H](C)NC(=O)c1cccc(S(=O)(=O)N(C)c2cccc(C)c2)c1. The molecule has 0 saturated carbocycles. The first-order valence-corrected chi connectivity index (χ1v) is 10.2. The highest BCUT2D eigenvalue weighted by atomic mass is 32.2. The zero-order chi connectivity index (χ0) is 19.3. The molecule has 2 aromatic rings. The number of amides is 1. The van der Waals surface area contributed by atoms with Gasteiger partial charge < -0.3 is 5.32 Å². The molecule has 0 aromatic heterocycles. The first kappa shape index (κ1) is 20.0. The van der Waals surface area contributed by atoms with E-state index < -0.39 is 10.0 Å².